The molecule has 1 aliphatic heterocycles. The first-order valence-corrected chi connectivity index (χ1v) is 5.43. The normalized spacial score (nSPS) is 36.3. The summed E-state index contributed by atoms with van der Waals surface area (Å²) in [4.78, 5) is 1.02. The second kappa shape index (κ2) is 2.37. The Morgan fingerprint density at radius 3 is 3.00 bits per heavy atom. The molecule has 0 aromatic rings. The topological polar surface area (TPSA) is 12.0 Å². The van der Waals surface area contributed by atoms with Gasteiger partial charge in [-0.15, -0.1) is 0 Å². The minimum atomic E-state index is 0.0397. The van der Waals surface area contributed by atoms with Crippen LogP contribution in [0.15, 0.2) is 35.5 Å². The average molecular weight is 203 g/mol. The first-order chi connectivity index (χ1) is 6.59. The van der Waals surface area contributed by atoms with E-state index in [2.05, 4.69) is 43.5 Å². The molecule has 0 spiro atoms. The van der Waals surface area contributed by atoms with Crippen LogP contribution in [0.1, 0.15) is 13.8 Å². The van der Waals surface area contributed by atoms with Crippen LogP contribution in [0.25, 0.3) is 0 Å². The summed E-state index contributed by atoms with van der Waals surface area (Å²) < 4.78 is 0. The lowest BCUT2D eigenvalue weighted by Gasteiger charge is -2.21. The van der Waals surface area contributed by atoms with E-state index in [1.54, 1.807) is 0 Å². The molecular formula is C12H13NS. The van der Waals surface area contributed by atoms with E-state index in [9.17, 15) is 0 Å². The van der Waals surface area contributed by atoms with Gasteiger partial charge < -0.3 is 5.32 Å². The smallest absolute Gasteiger partial charge is 0.0842 e. The van der Waals surface area contributed by atoms with Crippen molar-refractivity contribution < 1.29 is 0 Å². The largest absolute Gasteiger partial charge is 0.370 e. The first kappa shape index (κ1) is 8.42. The van der Waals surface area contributed by atoms with Crippen LogP contribution in [0.3, 0.4) is 0 Å². The molecule has 1 heterocycles. The molecule has 0 amide bonds. The van der Waals surface area contributed by atoms with Crippen LogP contribution in [-0.4, -0.2) is 10.5 Å². The van der Waals surface area contributed by atoms with Gasteiger partial charge in [-0.3, -0.25) is 0 Å². The Bertz CT molecular complexity index is 412. The zero-order valence-electron chi connectivity index (χ0n) is 8.37. The molecule has 1 fully saturated rings. The Balaban J connectivity index is 2.08. The third-order valence-electron chi connectivity index (χ3n) is 3.35. The molecule has 0 bridgehead atoms. The first-order valence-electron chi connectivity index (χ1n) is 5.02. The van der Waals surface area contributed by atoms with Gasteiger partial charge in [-0.2, -0.15) is 0 Å². The van der Waals surface area contributed by atoms with Crippen molar-refractivity contribution >= 4 is 17.2 Å². The fraction of sp³-hybridized carbons (Fsp3) is 0.417. The van der Waals surface area contributed by atoms with Gasteiger partial charge in [-0.1, -0.05) is 36.5 Å². The lowest BCUT2D eigenvalue weighted by molar-refractivity contribution is 0.552. The third kappa shape index (κ3) is 0.976. The van der Waals surface area contributed by atoms with Crippen LogP contribution in [0.2, 0.25) is 0 Å². The van der Waals surface area contributed by atoms with E-state index >= 15 is 0 Å². The molecule has 14 heavy (non-hydrogen) atoms. The molecule has 2 heteroatoms. The van der Waals surface area contributed by atoms with Gasteiger partial charge in [0.2, 0.25) is 0 Å². The third-order valence-corrected chi connectivity index (χ3v) is 3.70. The van der Waals surface area contributed by atoms with Crippen molar-refractivity contribution in [2.45, 2.75) is 19.4 Å². The van der Waals surface area contributed by atoms with Crippen molar-refractivity contribution in [2.24, 2.45) is 11.8 Å². The van der Waals surface area contributed by atoms with Gasteiger partial charge >= 0.3 is 0 Å². The van der Waals surface area contributed by atoms with E-state index < -0.39 is 0 Å². The van der Waals surface area contributed by atoms with Gasteiger partial charge in [0.25, 0.3) is 0 Å². The predicted octanol–water partition coefficient (Wildman–Crippen LogP) is 2.36. The highest BCUT2D eigenvalue weighted by molar-refractivity contribution is 7.80. The molecule has 2 unspecified atom stereocenters. The van der Waals surface area contributed by atoms with Crippen LogP contribution < -0.4 is 5.32 Å². The van der Waals surface area contributed by atoms with Gasteiger partial charge in [-0.05, 0) is 25.0 Å². The van der Waals surface area contributed by atoms with Crippen LogP contribution in [0.4, 0.5) is 0 Å². The fourth-order valence-corrected chi connectivity index (χ4v) is 3.06. The minimum absolute atomic E-state index is 0.0397. The molecular weight excluding hydrogens is 190 g/mol. The summed E-state index contributed by atoms with van der Waals surface area (Å²) in [5.41, 5.74) is 2.92. The van der Waals surface area contributed by atoms with Crippen LogP contribution >= 0.6 is 12.2 Å². The monoisotopic (exact) mass is 203 g/mol. The molecule has 0 aromatic heterocycles. The van der Waals surface area contributed by atoms with E-state index in [4.69, 9.17) is 12.2 Å². The number of hydrogen-bond donors (Lipinski definition) is 1. The van der Waals surface area contributed by atoms with Crippen LogP contribution in [-0.2, 0) is 0 Å². The second-order valence-electron chi connectivity index (χ2n) is 4.77. The average Bonchev–Trinajstić information content (AvgIpc) is 2.72. The molecule has 1 nitrogen and oxygen atoms in total. The summed E-state index contributed by atoms with van der Waals surface area (Å²) in [6, 6.07) is 0. The SMILES string of the molecule is CC1(C)NC(=S)C2C1=CC=CC1=CC12. The van der Waals surface area contributed by atoms with Crippen molar-refractivity contribution in [3.05, 3.63) is 35.5 Å². The quantitative estimate of drug-likeness (QED) is 0.607. The molecule has 0 saturated carbocycles. The Morgan fingerprint density at radius 1 is 1.43 bits per heavy atom. The maximum Gasteiger partial charge on any atom is 0.0842 e. The summed E-state index contributed by atoms with van der Waals surface area (Å²) in [5.74, 6) is 1.02. The number of rotatable bonds is 0. The Labute approximate surface area is 89.6 Å². The van der Waals surface area contributed by atoms with E-state index in [-0.39, 0.29) is 5.54 Å². The van der Waals surface area contributed by atoms with Crippen molar-refractivity contribution in [1.29, 1.82) is 0 Å². The molecule has 2 atom stereocenters. The standard InChI is InChI=1S/C12H13NS/c1-12(2)9-5-3-4-7-6-8(7)10(9)11(14)13-12/h3-6,8,10H,1-2H3,(H,13,14). The minimum Gasteiger partial charge on any atom is -0.370 e. The van der Waals surface area contributed by atoms with E-state index in [0.717, 1.165) is 4.99 Å². The lowest BCUT2D eigenvalue weighted by Crippen LogP contribution is -2.35. The van der Waals surface area contributed by atoms with E-state index in [0.29, 0.717) is 11.8 Å². The number of hydrogen-bond acceptors (Lipinski definition) is 1. The highest BCUT2D eigenvalue weighted by atomic mass is 32.1. The molecule has 0 radical (unpaired) electrons. The zero-order valence-corrected chi connectivity index (χ0v) is 9.19. The zero-order chi connectivity index (χ0) is 9.92. The van der Waals surface area contributed by atoms with Crippen LogP contribution in [0.5, 0.6) is 0 Å². The predicted molar refractivity (Wildman–Crippen MR) is 62.1 cm³/mol. The van der Waals surface area contributed by atoms with Crippen LogP contribution in [0, 0.1) is 11.8 Å². The summed E-state index contributed by atoms with van der Waals surface area (Å²) in [5, 5.41) is 3.42. The van der Waals surface area contributed by atoms with Gasteiger partial charge in [0, 0.05) is 11.8 Å². The molecule has 0 aromatic carbocycles. The Kier molecular flexibility index (Phi) is 1.43. The molecule has 3 rings (SSSR count). The molecule has 3 aliphatic rings. The second-order valence-corrected chi connectivity index (χ2v) is 5.21. The number of nitrogens with one attached hydrogen (secondary N) is 1. The van der Waals surface area contributed by atoms with Crippen molar-refractivity contribution in [3.8, 4) is 0 Å². The highest BCUT2D eigenvalue weighted by Gasteiger charge is 2.47. The Morgan fingerprint density at radius 2 is 2.21 bits per heavy atom. The van der Waals surface area contributed by atoms with E-state index in [1.165, 1.54) is 11.1 Å². The molecule has 1 saturated heterocycles. The number of allylic oxidation sites excluding steroid dienone is 5. The van der Waals surface area contributed by atoms with E-state index in [1.807, 2.05) is 0 Å². The molecule has 72 valence electrons. The maximum atomic E-state index is 5.42. The van der Waals surface area contributed by atoms with Crippen molar-refractivity contribution in [3.63, 3.8) is 0 Å². The van der Waals surface area contributed by atoms with Gasteiger partial charge in [0.1, 0.15) is 0 Å². The van der Waals surface area contributed by atoms with Gasteiger partial charge in [-0.25, -0.2) is 0 Å². The number of thiocarbonyl (C=S) groups is 1. The van der Waals surface area contributed by atoms with Gasteiger partial charge in [0.15, 0.2) is 0 Å². The molecule has 2 aliphatic carbocycles. The summed E-state index contributed by atoms with van der Waals surface area (Å²) in [7, 11) is 0. The number of fused-ring (bicyclic) bond motifs is 3. The maximum absolute atomic E-state index is 5.42. The van der Waals surface area contributed by atoms with Gasteiger partial charge in [0.05, 0.1) is 10.5 Å². The fourth-order valence-electron chi connectivity index (χ4n) is 2.53. The summed E-state index contributed by atoms with van der Waals surface area (Å²) >= 11 is 5.42. The summed E-state index contributed by atoms with van der Waals surface area (Å²) in [6.07, 6.45) is 8.89. The lowest BCUT2D eigenvalue weighted by atomic mass is 9.86. The molecule has 1 N–H and O–H groups in total. The van der Waals surface area contributed by atoms with Crippen molar-refractivity contribution in [2.75, 3.05) is 0 Å². The Hall–Kier alpha value is -0.890. The highest BCUT2D eigenvalue weighted by Crippen LogP contribution is 2.48. The van der Waals surface area contributed by atoms with Crippen molar-refractivity contribution in [1.82, 2.24) is 5.32 Å². The summed E-state index contributed by atoms with van der Waals surface area (Å²) in [6.45, 7) is 4.40.